The van der Waals surface area contributed by atoms with Crippen LogP contribution in [0.2, 0.25) is 0 Å². The first-order chi connectivity index (χ1) is 6.86. The van der Waals surface area contributed by atoms with Crippen LogP contribution in [-0.2, 0) is 4.79 Å². The van der Waals surface area contributed by atoms with Crippen LogP contribution in [0.4, 0.5) is 5.82 Å². The van der Waals surface area contributed by atoms with E-state index in [0.717, 1.165) is 13.1 Å². The van der Waals surface area contributed by atoms with Crippen molar-refractivity contribution in [1.82, 2.24) is 15.5 Å². The molecule has 0 aromatic carbocycles. The fourth-order valence-corrected chi connectivity index (χ4v) is 2.35. The molecule has 6 heteroatoms. The summed E-state index contributed by atoms with van der Waals surface area (Å²) in [5, 5.41) is 12.6. The first-order valence-corrected chi connectivity index (χ1v) is 4.87. The van der Waals surface area contributed by atoms with Crippen molar-refractivity contribution in [1.29, 1.82) is 0 Å². The van der Waals surface area contributed by atoms with Gasteiger partial charge in [0, 0.05) is 12.0 Å². The second-order valence-electron chi connectivity index (χ2n) is 3.97. The van der Waals surface area contributed by atoms with E-state index >= 15 is 0 Å². The van der Waals surface area contributed by atoms with Crippen molar-refractivity contribution in [2.24, 2.45) is 17.8 Å². The summed E-state index contributed by atoms with van der Waals surface area (Å²) in [6.07, 6.45) is 1.63. The van der Waals surface area contributed by atoms with E-state index in [4.69, 9.17) is 0 Å². The van der Waals surface area contributed by atoms with Crippen LogP contribution in [0.25, 0.3) is 0 Å². The first kappa shape index (κ1) is 10.4. The molecule has 1 aliphatic heterocycles. The molecule has 1 aliphatic carbocycles. The van der Waals surface area contributed by atoms with E-state index in [1.54, 1.807) is 12.3 Å². The second kappa shape index (κ2) is 3.83. The van der Waals surface area contributed by atoms with Crippen LogP contribution in [0.15, 0.2) is 12.3 Å². The topological polar surface area (TPSA) is 69.8 Å². The number of carbonyl (C=O) groups is 1. The van der Waals surface area contributed by atoms with Crippen LogP contribution >= 0.6 is 12.4 Å². The Morgan fingerprint density at radius 3 is 2.80 bits per heavy atom. The Balaban J connectivity index is 0.000000853. The minimum Gasteiger partial charge on any atom is -0.316 e. The van der Waals surface area contributed by atoms with Gasteiger partial charge in [0.05, 0.1) is 6.20 Å². The smallest absolute Gasteiger partial charge is 0.229 e. The Bertz CT molecular complexity index is 343. The van der Waals surface area contributed by atoms with E-state index in [2.05, 4.69) is 20.8 Å². The monoisotopic (exact) mass is 228 g/mol. The maximum absolute atomic E-state index is 11.7. The molecule has 2 fully saturated rings. The number of halogens is 1. The number of anilines is 1. The third-order valence-electron chi connectivity index (χ3n) is 3.15. The Hall–Kier alpha value is -1.07. The van der Waals surface area contributed by atoms with Gasteiger partial charge in [-0.05, 0) is 24.9 Å². The molecule has 3 rings (SSSR count). The fraction of sp³-hybridized carbons (Fsp3) is 0.556. The zero-order valence-electron chi connectivity index (χ0n) is 8.06. The van der Waals surface area contributed by atoms with Crippen molar-refractivity contribution in [3.63, 3.8) is 0 Å². The van der Waals surface area contributed by atoms with Gasteiger partial charge in [-0.25, -0.2) is 0 Å². The molecular formula is C9H13ClN4O. The zero-order valence-corrected chi connectivity index (χ0v) is 8.88. The number of piperidine rings is 1. The first-order valence-electron chi connectivity index (χ1n) is 4.87. The summed E-state index contributed by atoms with van der Waals surface area (Å²) in [5.74, 6) is 2.18. The van der Waals surface area contributed by atoms with Gasteiger partial charge in [0.15, 0.2) is 0 Å². The van der Waals surface area contributed by atoms with Crippen molar-refractivity contribution in [2.45, 2.75) is 0 Å². The summed E-state index contributed by atoms with van der Waals surface area (Å²) in [7, 11) is 0. The number of fused-ring (bicyclic) bond motifs is 1. The average molecular weight is 229 g/mol. The van der Waals surface area contributed by atoms with Crippen molar-refractivity contribution < 1.29 is 4.79 Å². The number of carbonyl (C=O) groups excluding carboxylic acids is 1. The number of nitrogens with one attached hydrogen (secondary N) is 3. The molecule has 3 N–H and O–H groups in total. The van der Waals surface area contributed by atoms with Crippen molar-refractivity contribution >= 4 is 24.1 Å². The molecule has 15 heavy (non-hydrogen) atoms. The van der Waals surface area contributed by atoms with Gasteiger partial charge >= 0.3 is 0 Å². The summed E-state index contributed by atoms with van der Waals surface area (Å²) in [6.45, 7) is 1.98. The molecule has 1 saturated heterocycles. The number of hydrogen-bond acceptors (Lipinski definition) is 3. The third-order valence-corrected chi connectivity index (χ3v) is 3.15. The maximum Gasteiger partial charge on any atom is 0.229 e. The highest BCUT2D eigenvalue weighted by Crippen LogP contribution is 2.48. The van der Waals surface area contributed by atoms with Gasteiger partial charge in [0.2, 0.25) is 5.91 Å². The summed E-state index contributed by atoms with van der Waals surface area (Å²) in [4.78, 5) is 11.7. The van der Waals surface area contributed by atoms with Crippen LogP contribution in [0.3, 0.4) is 0 Å². The van der Waals surface area contributed by atoms with Crippen LogP contribution in [0, 0.1) is 17.8 Å². The molecule has 1 aromatic heterocycles. The van der Waals surface area contributed by atoms with Gasteiger partial charge in [0.1, 0.15) is 5.82 Å². The number of rotatable bonds is 2. The average Bonchev–Trinajstić information content (AvgIpc) is 2.63. The van der Waals surface area contributed by atoms with Crippen LogP contribution in [0.1, 0.15) is 0 Å². The Labute approximate surface area is 93.4 Å². The predicted octanol–water partition coefficient (Wildman–Crippen LogP) is 0.235. The Kier molecular flexibility index (Phi) is 2.67. The zero-order chi connectivity index (χ0) is 9.54. The lowest BCUT2D eigenvalue weighted by Crippen LogP contribution is -2.23. The molecule has 0 spiro atoms. The minimum atomic E-state index is 0. The molecule has 1 unspecified atom stereocenters. The number of H-pyrrole nitrogens is 1. The van der Waals surface area contributed by atoms with Gasteiger partial charge in [-0.15, -0.1) is 12.4 Å². The van der Waals surface area contributed by atoms with E-state index in [1.165, 1.54) is 0 Å². The Morgan fingerprint density at radius 2 is 2.20 bits per heavy atom. The SMILES string of the molecule is Cl.O=C(Nc1ccn[nH]1)C1[C@H]2CNC[C@@H]12. The molecule has 2 aliphatic rings. The lowest BCUT2D eigenvalue weighted by atomic mass is 10.2. The predicted molar refractivity (Wildman–Crippen MR) is 57.8 cm³/mol. The van der Waals surface area contributed by atoms with E-state index < -0.39 is 0 Å². The lowest BCUT2D eigenvalue weighted by Gasteiger charge is -2.04. The highest BCUT2D eigenvalue weighted by Gasteiger charge is 2.56. The number of nitrogens with zero attached hydrogens (tertiary/aromatic N) is 1. The molecule has 1 amide bonds. The van der Waals surface area contributed by atoms with Crippen molar-refractivity contribution in [3.05, 3.63) is 12.3 Å². The summed E-state index contributed by atoms with van der Waals surface area (Å²) < 4.78 is 0. The third kappa shape index (κ3) is 1.72. The fourth-order valence-electron chi connectivity index (χ4n) is 2.35. The molecule has 3 atom stereocenters. The summed E-state index contributed by atoms with van der Waals surface area (Å²) in [5.41, 5.74) is 0. The molecule has 0 bridgehead atoms. The summed E-state index contributed by atoms with van der Waals surface area (Å²) in [6, 6.07) is 1.76. The lowest BCUT2D eigenvalue weighted by molar-refractivity contribution is -0.118. The number of amides is 1. The highest BCUT2D eigenvalue weighted by molar-refractivity contribution is 5.94. The molecule has 5 nitrogen and oxygen atoms in total. The minimum absolute atomic E-state index is 0. The van der Waals surface area contributed by atoms with E-state index in [9.17, 15) is 4.79 Å². The Morgan fingerprint density at radius 1 is 1.47 bits per heavy atom. The molecule has 1 saturated carbocycles. The molecular weight excluding hydrogens is 216 g/mol. The molecule has 0 radical (unpaired) electrons. The number of aromatic nitrogens is 2. The largest absolute Gasteiger partial charge is 0.316 e. The maximum atomic E-state index is 11.7. The van der Waals surface area contributed by atoms with E-state index in [1.807, 2.05) is 0 Å². The highest BCUT2D eigenvalue weighted by atomic mass is 35.5. The van der Waals surface area contributed by atoms with Gasteiger partial charge in [-0.1, -0.05) is 0 Å². The van der Waals surface area contributed by atoms with E-state index in [0.29, 0.717) is 17.7 Å². The quantitative estimate of drug-likeness (QED) is 0.679. The van der Waals surface area contributed by atoms with E-state index in [-0.39, 0.29) is 24.2 Å². The molecule has 82 valence electrons. The van der Waals surface area contributed by atoms with Gasteiger partial charge in [-0.2, -0.15) is 5.10 Å². The van der Waals surface area contributed by atoms with Crippen LogP contribution in [0.5, 0.6) is 0 Å². The van der Waals surface area contributed by atoms with Crippen molar-refractivity contribution in [2.75, 3.05) is 18.4 Å². The van der Waals surface area contributed by atoms with Gasteiger partial charge in [-0.3, -0.25) is 9.89 Å². The number of aromatic amines is 1. The normalized spacial score (nSPS) is 31.6. The van der Waals surface area contributed by atoms with Crippen molar-refractivity contribution in [3.8, 4) is 0 Å². The molecule has 1 aromatic rings. The number of hydrogen-bond donors (Lipinski definition) is 3. The van der Waals surface area contributed by atoms with Crippen LogP contribution < -0.4 is 10.6 Å². The van der Waals surface area contributed by atoms with Gasteiger partial charge < -0.3 is 10.6 Å². The van der Waals surface area contributed by atoms with Gasteiger partial charge in [0.25, 0.3) is 0 Å². The summed E-state index contributed by atoms with van der Waals surface area (Å²) >= 11 is 0. The second-order valence-corrected chi connectivity index (χ2v) is 3.97. The molecule has 2 heterocycles. The van der Waals surface area contributed by atoms with Crippen LogP contribution in [-0.4, -0.2) is 29.2 Å². The standard InChI is InChI=1S/C9H12N4O.ClH/c14-9(12-7-1-2-11-13-7)8-5-3-10-4-6(5)8;/h1-2,5-6,8,10H,3-4H2,(H2,11,12,13,14);1H/t5-,6+,8?;.